The Labute approximate surface area is 66.4 Å². The third kappa shape index (κ3) is 0.959. The Kier molecular flexibility index (Phi) is 1.46. The monoisotopic (exact) mass is 151 g/mol. The Morgan fingerprint density at radius 1 is 1.73 bits per heavy atom. The van der Waals surface area contributed by atoms with Crippen LogP contribution in [0.15, 0.2) is 6.20 Å². The van der Waals surface area contributed by atoms with Crippen LogP contribution in [0.5, 0.6) is 0 Å². The minimum absolute atomic E-state index is 0.414. The first-order valence-corrected chi connectivity index (χ1v) is 4.04. The quantitative estimate of drug-likeness (QED) is 0.596. The van der Waals surface area contributed by atoms with Gasteiger partial charge in [-0.05, 0) is 13.8 Å². The number of nitrogens with zero attached hydrogens (tertiary/aromatic N) is 2. The number of hydrogen-bond acceptors (Lipinski definition) is 2. The number of fused-ring (bicyclic) bond motifs is 1. The molecular formula is C8H13N3. The molecule has 0 bridgehead atoms. The van der Waals surface area contributed by atoms with Gasteiger partial charge in [-0.3, -0.25) is 0 Å². The van der Waals surface area contributed by atoms with Gasteiger partial charge in [0.15, 0.2) is 0 Å². The van der Waals surface area contributed by atoms with Gasteiger partial charge in [-0.2, -0.15) is 0 Å². The van der Waals surface area contributed by atoms with E-state index < -0.39 is 0 Å². The fourth-order valence-corrected chi connectivity index (χ4v) is 1.60. The average Bonchev–Trinajstić information content (AvgIpc) is 2.35. The van der Waals surface area contributed by atoms with Crippen molar-refractivity contribution in [1.82, 2.24) is 14.9 Å². The van der Waals surface area contributed by atoms with E-state index in [2.05, 4.69) is 28.7 Å². The predicted octanol–water partition coefficient (Wildman–Crippen LogP) is 0.856. The van der Waals surface area contributed by atoms with Gasteiger partial charge < -0.3 is 9.88 Å². The molecule has 1 atom stereocenters. The van der Waals surface area contributed by atoms with Gasteiger partial charge in [0, 0.05) is 25.0 Å². The lowest BCUT2D eigenvalue weighted by Crippen LogP contribution is -2.32. The summed E-state index contributed by atoms with van der Waals surface area (Å²) in [5.74, 6) is 1.17. The molecule has 3 nitrogen and oxygen atoms in total. The summed E-state index contributed by atoms with van der Waals surface area (Å²) >= 11 is 0. The molecule has 1 aromatic rings. The maximum Gasteiger partial charge on any atom is 0.125 e. The molecule has 0 fully saturated rings. The minimum atomic E-state index is 0.414. The van der Waals surface area contributed by atoms with E-state index in [1.165, 1.54) is 11.5 Å². The lowest BCUT2D eigenvalue weighted by Gasteiger charge is -2.22. The van der Waals surface area contributed by atoms with Crippen molar-refractivity contribution in [2.24, 2.45) is 0 Å². The third-order valence-electron chi connectivity index (χ3n) is 2.26. The molecule has 1 aliphatic rings. The zero-order chi connectivity index (χ0) is 7.84. The molecule has 11 heavy (non-hydrogen) atoms. The number of hydrogen-bond donors (Lipinski definition) is 1. The van der Waals surface area contributed by atoms with Gasteiger partial charge in [0.25, 0.3) is 0 Å². The Morgan fingerprint density at radius 3 is 3.27 bits per heavy atom. The van der Waals surface area contributed by atoms with Crippen LogP contribution in [0.25, 0.3) is 0 Å². The van der Waals surface area contributed by atoms with Gasteiger partial charge in [-0.15, -0.1) is 0 Å². The predicted molar refractivity (Wildman–Crippen MR) is 43.4 cm³/mol. The molecule has 0 spiro atoms. The summed E-state index contributed by atoms with van der Waals surface area (Å²) in [6.45, 7) is 6.38. The normalized spacial score (nSPS) is 23.3. The Bertz CT molecular complexity index is 264. The van der Waals surface area contributed by atoms with Crippen molar-refractivity contribution in [3.8, 4) is 0 Å². The summed E-state index contributed by atoms with van der Waals surface area (Å²) in [5.41, 5.74) is 1.27. The van der Waals surface area contributed by atoms with Crippen LogP contribution in [0, 0.1) is 6.92 Å². The molecule has 1 unspecified atom stereocenters. The van der Waals surface area contributed by atoms with E-state index in [-0.39, 0.29) is 0 Å². The van der Waals surface area contributed by atoms with Crippen LogP contribution < -0.4 is 5.32 Å². The maximum absolute atomic E-state index is 4.34. The van der Waals surface area contributed by atoms with Crippen molar-refractivity contribution in [2.45, 2.75) is 26.4 Å². The fraction of sp³-hybridized carbons (Fsp3) is 0.625. The molecule has 1 aliphatic heterocycles. The molecule has 2 rings (SSSR count). The van der Waals surface area contributed by atoms with E-state index in [9.17, 15) is 0 Å². The smallest absolute Gasteiger partial charge is 0.125 e. The first-order valence-electron chi connectivity index (χ1n) is 4.04. The largest absolute Gasteiger partial charge is 0.330 e. The van der Waals surface area contributed by atoms with E-state index in [0.29, 0.717) is 6.04 Å². The number of imidazole rings is 1. The van der Waals surface area contributed by atoms with Gasteiger partial charge in [-0.25, -0.2) is 4.98 Å². The summed E-state index contributed by atoms with van der Waals surface area (Å²) in [6, 6.07) is 0.414. The lowest BCUT2D eigenvalue weighted by molar-refractivity contribution is 0.432. The van der Waals surface area contributed by atoms with Crippen LogP contribution in [-0.2, 0) is 6.54 Å². The van der Waals surface area contributed by atoms with Crippen molar-refractivity contribution in [3.63, 3.8) is 0 Å². The van der Waals surface area contributed by atoms with Crippen LogP contribution in [0.4, 0.5) is 0 Å². The molecule has 0 saturated carbocycles. The Balaban J connectivity index is 2.46. The molecule has 1 aromatic heterocycles. The Hall–Kier alpha value is -0.830. The summed E-state index contributed by atoms with van der Waals surface area (Å²) in [4.78, 5) is 4.34. The fourth-order valence-electron chi connectivity index (χ4n) is 1.60. The van der Waals surface area contributed by atoms with Crippen molar-refractivity contribution in [3.05, 3.63) is 17.7 Å². The molecule has 0 amide bonds. The summed E-state index contributed by atoms with van der Waals surface area (Å²) in [6.07, 6.45) is 1.94. The second kappa shape index (κ2) is 2.34. The van der Waals surface area contributed by atoms with E-state index in [1.807, 2.05) is 6.20 Å². The van der Waals surface area contributed by atoms with Gasteiger partial charge in [0.1, 0.15) is 5.82 Å². The molecule has 3 heteroatoms. The van der Waals surface area contributed by atoms with Crippen LogP contribution >= 0.6 is 0 Å². The lowest BCUT2D eigenvalue weighted by atomic mass is 10.2. The zero-order valence-corrected chi connectivity index (χ0v) is 6.96. The maximum atomic E-state index is 4.34. The summed E-state index contributed by atoms with van der Waals surface area (Å²) < 4.78 is 2.28. The first kappa shape index (κ1) is 6.85. The molecule has 0 aliphatic carbocycles. The highest BCUT2D eigenvalue weighted by molar-refractivity contribution is 5.08. The molecule has 0 saturated heterocycles. The summed E-state index contributed by atoms with van der Waals surface area (Å²) in [7, 11) is 0. The molecule has 60 valence electrons. The molecule has 2 heterocycles. The highest BCUT2D eigenvalue weighted by atomic mass is 15.2. The molecule has 1 N–H and O–H groups in total. The van der Waals surface area contributed by atoms with Gasteiger partial charge in [-0.1, -0.05) is 0 Å². The van der Waals surface area contributed by atoms with Crippen LogP contribution in [0.1, 0.15) is 24.5 Å². The third-order valence-corrected chi connectivity index (χ3v) is 2.26. The van der Waals surface area contributed by atoms with Crippen LogP contribution in [-0.4, -0.2) is 16.1 Å². The number of rotatable bonds is 0. The van der Waals surface area contributed by atoms with Gasteiger partial charge in [0.2, 0.25) is 0 Å². The highest BCUT2D eigenvalue weighted by Gasteiger charge is 2.17. The average molecular weight is 151 g/mol. The minimum Gasteiger partial charge on any atom is -0.330 e. The van der Waals surface area contributed by atoms with E-state index in [0.717, 1.165) is 13.1 Å². The van der Waals surface area contributed by atoms with E-state index in [1.54, 1.807) is 0 Å². The second-order valence-corrected chi connectivity index (χ2v) is 3.09. The molecule has 0 radical (unpaired) electrons. The second-order valence-electron chi connectivity index (χ2n) is 3.09. The van der Waals surface area contributed by atoms with Crippen molar-refractivity contribution >= 4 is 0 Å². The van der Waals surface area contributed by atoms with Crippen LogP contribution in [0.3, 0.4) is 0 Å². The topological polar surface area (TPSA) is 29.9 Å². The highest BCUT2D eigenvalue weighted by Crippen LogP contribution is 2.15. The SMILES string of the molecule is Cc1cnc2n1CCNC2C. The van der Waals surface area contributed by atoms with E-state index >= 15 is 0 Å². The van der Waals surface area contributed by atoms with Crippen molar-refractivity contribution in [2.75, 3.05) is 6.54 Å². The molecule has 0 aromatic carbocycles. The summed E-state index contributed by atoms with van der Waals surface area (Å²) in [5, 5.41) is 3.37. The Morgan fingerprint density at radius 2 is 2.55 bits per heavy atom. The first-order chi connectivity index (χ1) is 5.29. The van der Waals surface area contributed by atoms with Crippen molar-refractivity contribution < 1.29 is 0 Å². The van der Waals surface area contributed by atoms with E-state index in [4.69, 9.17) is 0 Å². The number of aryl methyl sites for hydroxylation is 1. The number of aromatic nitrogens is 2. The molecular weight excluding hydrogens is 138 g/mol. The van der Waals surface area contributed by atoms with Gasteiger partial charge in [0.05, 0.1) is 6.04 Å². The standard InChI is InChI=1S/C8H13N3/c1-6-5-10-8-7(2)9-3-4-11(6)8/h5,7,9H,3-4H2,1-2H3. The van der Waals surface area contributed by atoms with Gasteiger partial charge >= 0.3 is 0 Å². The van der Waals surface area contributed by atoms with Crippen molar-refractivity contribution in [1.29, 1.82) is 0 Å². The number of nitrogens with one attached hydrogen (secondary N) is 1. The van der Waals surface area contributed by atoms with Crippen LogP contribution in [0.2, 0.25) is 0 Å². The zero-order valence-electron chi connectivity index (χ0n) is 6.96.